The van der Waals surface area contributed by atoms with Gasteiger partial charge in [-0.3, -0.25) is 4.79 Å². The monoisotopic (exact) mass is 405 g/mol. The fourth-order valence-electron chi connectivity index (χ4n) is 3.36. The molecule has 5 nitrogen and oxygen atoms in total. The Hall–Kier alpha value is -0.216. The van der Waals surface area contributed by atoms with Crippen LogP contribution in [0.4, 0.5) is 0 Å². The summed E-state index contributed by atoms with van der Waals surface area (Å²) in [5.74, 6) is -0.0106. The number of rotatable bonds is 16. The first-order chi connectivity index (χ1) is 12.3. The van der Waals surface area contributed by atoms with Gasteiger partial charge in [0.1, 0.15) is 0 Å². The zero-order chi connectivity index (χ0) is 20.1. The summed E-state index contributed by atoms with van der Waals surface area (Å²) in [6.45, 7) is 19.0. The third-order valence-electron chi connectivity index (χ3n) is 5.35. The van der Waals surface area contributed by atoms with Gasteiger partial charge in [-0.25, -0.2) is 0 Å². The average Bonchev–Trinajstić information content (AvgIpc) is 2.63. The standard InChI is InChI=1S/C19H43NO4Si2/c1-8-20(16-14-18-25(7,22-9-2)23-10-3)17-15-19(21)24-26(11-4,12-5)13-6/h8-18H2,1-7H3. The van der Waals surface area contributed by atoms with Crippen LogP contribution in [0.2, 0.25) is 30.7 Å². The first kappa shape index (κ1) is 25.8. The van der Waals surface area contributed by atoms with Gasteiger partial charge in [0.25, 0.3) is 14.3 Å². The van der Waals surface area contributed by atoms with Crippen LogP contribution in [0.3, 0.4) is 0 Å². The van der Waals surface area contributed by atoms with Crippen LogP contribution < -0.4 is 0 Å². The molecule has 0 aliphatic rings. The van der Waals surface area contributed by atoms with E-state index in [-0.39, 0.29) is 5.97 Å². The minimum absolute atomic E-state index is 0.0106. The second-order valence-electron chi connectivity index (χ2n) is 7.01. The molecule has 26 heavy (non-hydrogen) atoms. The van der Waals surface area contributed by atoms with E-state index in [1.807, 2.05) is 13.8 Å². The summed E-state index contributed by atoms with van der Waals surface area (Å²) in [6.07, 6.45) is 1.54. The lowest BCUT2D eigenvalue weighted by Crippen LogP contribution is -2.40. The van der Waals surface area contributed by atoms with Crippen LogP contribution >= 0.6 is 0 Å². The third kappa shape index (κ3) is 9.64. The van der Waals surface area contributed by atoms with Crippen molar-refractivity contribution in [2.45, 2.75) is 85.1 Å². The SMILES string of the molecule is CCO[Si](C)(CCCN(CC)CCC(=O)O[Si](CC)(CC)CC)OCC. The molecule has 0 N–H and O–H groups in total. The Morgan fingerprint density at radius 1 is 0.885 bits per heavy atom. The number of carbonyl (C=O) groups excluding carboxylic acids is 1. The Kier molecular flexibility index (Phi) is 13.8. The van der Waals surface area contributed by atoms with Crippen molar-refractivity contribution < 1.29 is 18.1 Å². The molecule has 0 fully saturated rings. The maximum Gasteiger partial charge on any atom is 0.334 e. The summed E-state index contributed by atoms with van der Waals surface area (Å²) >= 11 is 0. The Morgan fingerprint density at radius 3 is 1.85 bits per heavy atom. The third-order valence-corrected chi connectivity index (χ3v) is 12.9. The molecule has 156 valence electrons. The number of hydrogen-bond donors (Lipinski definition) is 0. The van der Waals surface area contributed by atoms with E-state index in [4.69, 9.17) is 13.3 Å². The van der Waals surface area contributed by atoms with Crippen LogP contribution in [0.25, 0.3) is 0 Å². The molecule has 0 saturated heterocycles. The highest BCUT2D eigenvalue weighted by molar-refractivity contribution is 6.74. The lowest BCUT2D eigenvalue weighted by Gasteiger charge is -2.29. The second kappa shape index (κ2) is 13.9. The normalized spacial score (nSPS) is 12.6. The van der Waals surface area contributed by atoms with Gasteiger partial charge in [-0.15, -0.1) is 0 Å². The zero-order valence-electron chi connectivity index (χ0n) is 18.4. The molecular weight excluding hydrogens is 362 g/mol. The highest BCUT2D eigenvalue weighted by atomic mass is 28.4. The van der Waals surface area contributed by atoms with Gasteiger partial charge in [0.15, 0.2) is 0 Å². The molecule has 0 aromatic heterocycles. The topological polar surface area (TPSA) is 48.0 Å². The van der Waals surface area contributed by atoms with E-state index in [1.54, 1.807) is 0 Å². The maximum atomic E-state index is 12.3. The van der Waals surface area contributed by atoms with Crippen LogP contribution in [0.15, 0.2) is 0 Å². The minimum atomic E-state index is -2.03. The molecule has 0 bridgehead atoms. The number of hydrogen-bond acceptors (Lipinski definition) is 5. The summed E-state index contributed by atoms with van der Waals surface area (Å²) < 4.78 is 17.8. The van der Waals surface area contributed by atoms with Gasteiger partial charge in [0.05, 0.1) is 6.42 Å². The Labute approximate surface area is 164 Å². The Balaban J connectivity index is 4.36. The summed E-state index contributed by atoms with van der Waals surface area (Å²) in [7, 11) is -3.86. The lowest BCUT2D eigenvalue weighted by molar-refractivity contribution is -0.135. The van der Waals surface area contributed by atoms with Crippen molar-refractivity contribution in [3.63, 3.8) is 0 Å². The lowest BCUT2D eigenvalue weighted by atomic mass is 10.3. The molecule has 0 atom stereocenters. The van der Waals surface area contributed by atoms with Gasteiger partial charge in [-0.05, 0) is 64.1 Å². The molecular formula is C19H43NO4Si2. The molecule has 0 aromatic rings. The van der Waals surface area contributed by atoms with E-state index < -0.39 is 16.9 Å². The molecule has 0 heterocycles. The number of carbonyl (C=O) groups is 1. The highest BCUT2D eigenvalue weighted by Gasteiger charge is 2.33. The van der Waals surface area contributed by atoms with Crippen molar-refractivity contribution in [2.75, 3.05) is 32.8 Å². The zero-order valence-corrected chi connectivity index (χ0v) is 20.4. The fraction of sp³-hybridized carbons (Fsp3) is 0.947. The van der Waals surface area contributed by atoms with Gasteiger partial charge in [-0.2, -0.15) is 0 Å². The van der Waals surface area contributed by atoms with Crippen LogP contribution in [-0.4, -0.2) is 60.6 Å². The fourth-order valence-corrected chi connectivity index (χ4v) is 8.27. The van der Waals surface area contributed by atoms with Gasteiger partial charge in [0.2, 0.25) is 0 Å². The number of nitrogens with zero attached hydrogens (tertiary/aromatic N) is 1. The predicted molar refractivity (Wildman–Crippen MR) is 114 cm³/mol. The first-order valence-electron chi connectivity index (χ1n) is 10.6. The molecule has 7 heteroatoms. The van der Waals surface area contributed by atoms with Crippen molar-refractivity contribution in [2.24, 2.45) is 0 Å². The minimum Gasteiger partial charge on any atom is -0.519 e. The molecule has 0 rings (SSSR count). The molecule has 0 aliphatic carbocycles. The molecule has 0 spiro atoms. The van der Waals surface area contributed by atoms with Crippen LogP contribution in [0.1, 0.15) is 54.4 Å². The van der Waals surface area contributed by atoms with Gasteiger partial charge in [0, 0.05) is 19.8 Å². The summed E-state index contributed by atoms with van der Waals surface area (Å²) in [6, 6.07) is 4.04. The van der Waals surface area contributed by atoms with E-state index in [0.717, 1.165) is 50.2 Å². The molecule has 0 saturated carbocycles. The Bertz CT molecular complexity index is 364. The van der Waals surface area contributed by atoms with Gasteiger partial charge in [-0.1, -0.05) is 27.7 Å². The summed E-state index contributed by atoms with van der Waals surface area (Å²) in [5, 5.41) is 0. The van der Waals surface area contributed by atoms with Crippen molar-refractivity contribution in [1.82, 2.24) is 4.90 Å². The summed E-state index contributed by atoms with van der Waals surface area (Å²) in [5.41, 5.74) is 0. The van der Waals surface area contributed by atoms with E-state index in [1.165, 1.54) is 0 Å². The largest absolute Gasteiger partial charge is 0.519 e. The van der Waals surface area contributed by atoms with Crippen LogP contribution in [0.5, 0.6) is 0 Å². The average molecular weight is 406 g/mol. The van der Waals surface area contributed by atoms with Crippen LogP contribution in [-0.2, 0) is 18.1 Å². The van der Waals surface area contributed by atoms with Gasteiger partial charge >= 0.3 is 8.56 Å². The second-order valence-corrected chi connectivity index (χ2v) is 15.0. The first-order valence-corrected chi connectivity index (χ1v) is 15.6. The predicted octanol–water partition coefficient (Wildman–Crippen LogP) is 4.78. The highest BCUT2D eigenvalue weighted by Crippen LogP contribution is 2.22. The summed E-state index contributed by atoms with van der Waals surface area (Å²) in [4.78, 5) is 14.6. The molecule has 0 unspecified atom stereocenters. The van der Waals surface area contributed by atoms with E-state index >= 15 is 0 Å². The van der Waals surface area contributed by atoms with Crippen LogP contribution in [0, 0.1) is 0 Å². The van der Waals surface area contributed by atoms with Gasteiger partial charge < -0.3 is 18.2 Å². The Morgan fingerprint density at radius 2 is 1.42 bits per heavy atom. The molecule has 0 aromatic carbocycles. The molecule has 0 aliphatic heterocycles. The molecule has 0 radical (unpaired) electrons. The van der Waals surface area contributed by atoms with E-state index in [0.29, 0.717) is 19.6 Å². The van der Waals surface area contributed by atoms with Crippen molar-refractivity contribution in [1.29, 1.82) is 0 Å². The van der Waals surface area contributed by atoms with Crippen molar-refractivity contribution in [3.05, 3.63) is 0 Å². The van der Waals surface area contributed by atoms with Crippen molar-refractivity contribution >= 4 is 22.8 Å². The maximum absolute atomic E-state index is 12.3. The van der Waals surface area contributed by atoms with Crippen molar-refractivity contribution in [3.8, 4) is 0 Å². The van der Waals surface area contributed by atoms with E-state index in [9.17, 15) is 4.79 Å². The quantitative estimate of drug-likeness (QED) is 0.346. The molecule has 0 amide bonds. The smallest absolute Gasteiger partial charge is 0.334 e. The van der Waals surface area contributed by atoms with E-state index in [2.05, 4.69) is 39.1 Å².